The van der Waals surface area contributed by atoms with Crippen LogP contribution < -0.4 is 5.32 Å². The van der Waals surface area contributed by atoms with Gasteiger partial charge in [0.2, 0.25) is 6.61 Å². The van der Waals surface area contributed by atoms with Crippen LogP contribution in [0.4, 0.5) is 0 Å². The molecule has 3 rings (SSSR count). The number of carbonyl (C=O) groups is 3. The lowest BCUT2D eigenvalue weighted by Gasteiger charge is -2.13. The van der Waals surface area contributed by atoms with E-state index in [1.54, 1.807) is 0 Å². The maximum absolute atomic E-state index is 11.6. The number of hydroxylamine groups is 2. The summed E-state index contributed by atoms with van der Waals surface area (Å²) in [6.07, 6.45) is 6.89. The fourth-order valence-corrected chi connectivity index (χ4v) is 3.46. The van der Waals surface area contributed by atoms with Gasteiger partial charge in [-0.25, -0.2) is 4.79 Å². The van der Waals surface area contributed by atoms with Gasteiger partial charge in [-0.2, -0.15) is 0 Å². The van der Waals surface area contributed by atoms with Crippen LogP contribution in [0.15, 0.2) is 16.8 Å². The zero-order valence-electron chi connectivity index (χ0n) is 13.7. The average Bonchev–Trinajstić information content (AvgIpc) is 3.04. The third-order valence-electron chi connectivity index (χ3n) is 4.65. The average molecular weight is 336 g/mol. The number of nitrogens with zero attached hydrogens (tertiary/aromatic N) is 2. The summed E-state index contributed by atoms with van der Waals surface area (Å²) >= 11 is 0. The van der Waals surface area contributed by atoms with Crippen molar-refractivity contribution < 1.29 is 29.4 Å². The third-order valence-corrected chi connectivity index (χ3v) is 4.65. The zero-order chi connectivity index (χ0) is 17.1. The van der Waals surface area contributed by atoms with E-state index in [0.29, 0.717) is 17.1 Å². The molecule has 8 heteroatoms. The molecule has 8 nitrogen and oxygen atoms in total. The molecule has 0 aromatic carbocycles. The lowest BCUT2D eigenvalue weighted by Crippen LogP contribution is -2.91. The Balaban J connectivity index is 1.50. The highest BCUT2D eigenvalue weighted by Crippen LogP contribution is 2.21. The van der Waals surface area contributed by atoms with Crippen molar-refractivity contribution >= 4 is 23.5 Å². The molecule has 0 aliphatic carbocycles. The molecule has 0 aromatic heterocycles. The predicted molar refractivity (Wildman–Crippen MR) is 82.3 cm³/mol. The summed E-state index contributed by atoms with van der Waals surface area (Å²) in [6.45, 7) is 1.41. The summed E-state index contributed by atoms with van der Waals surface area (Å²) in [5.74, 6) is -1.84. The highest BCUT2D eigenvalue weighted by Gasteiger charge is 2.34. The number of allylic oxidation sites excluding steroid dienone is 1. The fraction of sp³-hybridized carbons (Fsp3) is 0.625. The number of fused-ring (bicyclic) bond motifs is 2. The molecule has 24 heavy (non-hydrogen) atoms. The van der Waals surface area contributed by atoms with Crippen LogP contribution in [0.1, 0.15) is 45.4 Å². The lowest BCUT2D eigenvalue weighted by atomic mass is 9.97. The van der Waals surface area contributed by atoms with Crippen LogP contribution in [0.3, 0.4) is 0 Å². The summed E-state index contributed by atoms with van der Waals surface area (Å²) in [4.78, 5) is 44.1. The Bertz CT molecular complexity index is 597. The van der Waals surface area contributed by atoms with Gasteiger partial charge in [-0.1, -0.05) is 11.2 Å². The Hall–Kier alpha value is -2.22. The van der Waals surface area contributed by atoms with E-state index in [1.807, 2.05) is 6.92 Å². The number of oxime groups is 1. The van der Waals surface area contributed by atoms with Gasteiger partial charge in [0.15, 0.2) is 0 Å². The Morgan fingerprint density at radius 1 is 1.29 bits per heavy atom. The molecule has 0 spiro atoms. The molecule has 3 aliphatic rings. The molecule has 2 bridgehead atoms. The van der Waals surface area contributed by atoms with Crippen molar-refractivity contribution in [1.82, 2.24) is 5.06 Å². The van der Waals surface area contributed by atoms with E-state index < -0.39 is 24.4 Å². The summed E-state index contributed by atoms with van der Waals surface area (Å²) in [5.41, 5.74) is 1.91. The number of imide groups is 1. The van der Waals surface area contributed by atoms with Crippen LogP contribution in [0.5, 0.6) is 0 Å². The smallest absolute Gasteiger partial charge is 0.373 e. The first-order valence-electron chi connectivity index (χ1n) is 8.33. The molecule has 0 saturated carbocycles. The SMILES string of the molecule is C/C(=N\OCC(=O)ON1C(=O)CCC1=O)C1=CCC[C@H]2CCC1[NH2+]2. The normalized spacial score (nSPS) is 27.1. The third kappa shape index (κ3) is 3.64. The topological polar surface area (TPSA) is 102 Å². The van der Waals surface area contributed by atoms with Gasteiger partial charge in [-0.3, -0.25) is 9.59 Å². The number of hydrogen-bond donors (Lipinski definition) is 1. The molecule has 1 unspecified atom stereocenters. The zero-order valence-corrected chi connectivity index (χ0v) is 13.7. The largest absolute Gasteiger partial charge is 0.383 e. The van der Waals surface area contributed by atoms with E-state index in [1.165, 1.54) is 12.8 Å². The van der Waals surface area contributed by atoms with Gasteiger partial charge in [0.25, 0.3) is 11.8 Å². The molecule has 130 valence electrons. The predicted octanol–water partition coefficient (Wildman–Crippen LogP) is -0.199. The summed E-state index contributed by atoms with van der Waals surface area (Å²) in [6, 6.07) is 1.11. The van der Waals surface area contributed by atoms with Crippen LogP contribution in [0.25, 0.3) is 0 Å². The van der Waals surface area contributed by atoms with E-state index in [4.69, 9.17) is 9.68 Å². The molecular weight excluding hydrogens is 314 g/mol. The minimum atomic E-state index is -0.822. The Morgan fingerprint density at radius 3 is 2.79 bits per heavy atom. The van der Waals surface area contributed by atoms with Crippen molar-refractivity contribution in [3.05, 3.63) is 11.6 Å². The van der Waals surface area contributed by atoms with Crippen molar-refractivity contribution in [1.29, 1.82) is 0 Å². The second-order valence-electron chi connectivity index (χ2n) is 6.37. The van der Waals surface area contributed by atoms with Gasteiger partial charge in [-0.15, -0.1) is 5.06 Å². The van der Waals surface area contributed by atoms with Crippen LogP contribution in [0, 0.1) is 0 Å². The molecule has 2 amide bonds. The van der Waals surface area contributed by atoms with E-state index in [9.17, 15) is 14.4 Å². The Kier molecular flexibility index (Phi) is 4.94. The number of quaternary nitrogens is 1. The van der Waals surface area contributed by atoms with Gasteiger partial charge >= 0.3 is 5.97 Å². The minimum absolute atomic E-state index is 0.0667. The molecule has 2 saturated heterocycles. The number of nitrogens with two attached hydrogens (primary N) is 1. The van der Waals surface area contributed by atoms with Gasteiger partial charge in [-0.05, 0) is 13.3 Å². The van der Waals surface area contributed by atoms with E-state index >= 15 is 0 Å². The maximum Gasteiger partial charge on any atom is 0.373 e. The summed E-state index contributed by atoms with van der Waals surface area (Å²) in [7, 11) is 0. The van der Waals surface area contributed by atoms with Crippen molar-refractivity contribution in [2.45, 2.75) is 57.5 Å². The standard InChI is InChI=1S/C16H21N3O5/c1-10(12-4-2-3-11-5-6-13(12)17-11)18-23-9-16(22)24-19-14(20)7-8-15(19)21/h4,11,13,17H,2-3,5-9H2,1H3/p+1/b18-10+/t11-,13?/m0/s1. The molecule has 2 fully saturated rings. The van der Waals surface area contributed by atoms with Crippen LogP contribution in [-0.2, 0) is 24.1 Å². The first kappa shape index (κ1) is 16.6. The molecular formula is C16H22N3O5+. The second-order valence-corrected chi connectivity index (χ2v) is 6.37. The molecule has 0 radical (unpaired) electrons. The van der Waals surface area contributed by atoms with Crippen molar-refractivity contribution in [2.75, 3.05) is 6.61 Å². The minimum Gasteiger partial charge on any atom is -0.383 e. The van der Waals surface area contributed by atoms with Crippen LogP contribution >= 0.6 is 0 Å². The number of rotatable bonds is 5. The Labute approximate surface area is 139 Å². The summed E-state index contributed by atoms with van der Waals surface area (Å²) in [5, 5.41) is 6.89. The van der Waals surface area contributed by atoms with E-state index in [2.05, 4.69) is 16.5 Å². The van der Waals surface area contributed by atoms with Gasteiger partial charge < -0.3 is 15.0 Å². The van der Waals surface area contributed by atoms with Crippen LogP contribution in [0.2, 0.25) is 0 Å². The molecule has 2 N–H and O–H groups in total. The number of hydrogen-bond acceptors (Lipinski definition) is 6. The number of amides is 2. The van der Waals surface area contributed by atoms with Crippen molar-refractivity contribution in [3.8, 4) is 0 Å². The highest BCUT2D eigenvalue weighted by atomic mass is 16.7. The first-order chi connectivity index (χ1) is 11.5. The fourth-order valence-electron chi connectivity index (χ4n) is 3.46. The van der Waals surface area contributed by atoms with Crippen molar-refractivity contribution in [3.63, 3.8) is 0 Å². The van der Waals surface area contributed by atoms with Gasteiger partial charge in [0, 0.05) is 37.7 Å². The molecule has 3 aliphatic heterocycles. The van der Waals surface area contributed by atoms with Gasteiger partial charge in [0.1, 0.15) is 6.04 Å². The molecule has 0 aromatic rings. The van der Waals surface area contributed by atoms with Gasteiger partial charge in [0.05, 0.1) is 11.8 Å². The Morgan fingerprint density at radius 2 is 2.04 bits per heavy atom. The van der Waals surface area contributed by atoms with Crippen LogP contribution in [-0.4, -0.2) is 47.2 Å². The monoisotopic (exact) mass is 336 g/mol. The maximum atomic E-state index is 11.6. The number of carbonyl (C=O) groups excluding carboxylic acids is 3. The van der Waals surface area contributed by atoms with Crippen molar-refractivity contribution in [2.24, 2.45) is 5.16 Å². The highest BCUT2D eigenvalue weighted by molar-refractivity contribution is 6.01. The lowest BCUT2D eigenvalue weighted by molar-refractivity contribution is -0.692. The van der Waals surface area contributed by atoms with E-state index in [0.717, 1.165) is 24.1 Å². The quantitative estimate of drug-likeness (QED) is 0.426. The van der Waals surface area contributed by atoms with E-state index in [-0.39, 0.29) is 12.8 Å². The molecule has 3 heterocycles. The summed E-state index contributed by atoms with van der Waals surface area (Å²) < 4.78 is 0. The first-order valence-corrected chi connectivity index (χ1v) is 8.33. The molecule has 2 atom stereocenters. The second kappa shape index (κ2) is 7.12.